The third kappa shape index (κ3) is 3.61. The molecule has 0 fully saturated rings. The summed E-state index contributed by atoms with van der Waals surface area (Å²) in [6.45, 7) is 0. The number of thiol groups is 1. The van der Waals surface area contributed by atoms with Crippen molar-refractivity contribution in [2.75, 3.05) is 0 Å². The molecule has 0 bridgehead atoms. The number of aromatic nitrogens is 1. The molecule has 1 aromatic heterocycles. The summed E-state index contributed by atoms with van der Waals surface area (Å²) in [6.07, 6.45) is 1.81. The van der Waals surface area contributed by atoms with E-state index in [-0.39, 0.29) is 0 Å². The van der Waals surface area contributed by atoms with Gasteiger partial charge in [-0.25, -0.2) is 0 Å². The van der Waals surface area contributed by atoms with E-state index in [4.69, 9.17) is 0 Å². The van der Waals surface area contributed by atoms with Crippen molar-refractivity contribution < 1.29 is 0 Å². The lowest BCUT2D eigenvalue weighted by molar-refractivity contribution is 1.41. The van der Waals surface area contributed by atoms with Crippen LogP contribution in [0.2, 0.25) is 0 Å². The van der Waals surface area contributed by atoms with Gasteiger partial charge in [0, 0.05) is 16.5 Å². The Morgan fingerprint density at radius 2 is 1.35 bits per heavy atom. The maximum Gasteiger partial charge on any atom is 0.0701 e. The average Bonchev–Trinajstić information content (AvgIpc) is 2.41. The van der Waals surface area contributed by atoms with E-state index < -0.39 is 0 Å². The monoisotopic (exact) mass is 239 g/mol. The predicted octanol–water partition coefficient (Wildman–Crippen LogP) is 4.21. The predicted molar refractivity (Wildman–Crippen MR) is 75.4 cm³/mol. The van der Waals surface area contributed by atoms with E-state index in [1.807, 2.05) is 60.8 Å². The molecule has 2 heteroatoms. The van der Waals surface area contributed by atoms with Crippen LogP contribution in [0.25, 0.3) is 10.9 Å². The highest BCUT2D eigenvalue weighted by atomic mass is 32.1. The molecule has 84 valence electrons. The van der Waals surface area contributed by atoms with Crippen molar-refractivity contribution in [3.63, 3.8) is 0 Å². The molecule has 0 aliphatic carbocycles. The van der Waals surface area contributed by atoms with Gasteiger partial charge in [-0.2, -0.15) is 0 Å². The van der Waals surface area contributed by atoms with E-state index in [0.29, 0.717) is 0 Å². The minimum atomic E-state index is 1.02. The molecule has 2 aromatic carbocycles. The first-order valence-electron chi connectivity index (χ1n) is 5.40. The summed E-state index contributed by atoms with van der Waals surface area (Å²) in [7, 11) is 0. The summed E-state index contributed by atoms with van der Waals surface area (Å²) in [4.78, 5) is 5.20. The van der Waals surface area contributed by atoms with E-state index in [1.165, 1.54) is 5.39 Å². The highest BCUT2D eigenvalue weighted by Gasteiger charge is 1.86. The third-order valence-electron chi connectivity index (χ3n) is 2.27. The first kappa shape index (κ1) is 11.7. The Bertz CT molecular complexity index is 513. The van der Waals surface area contributed by atoms with E-state index in [9.17, 15) is 0 Å². The molecule has 1 nitrogen and oxygen atoms in total. The first-order valence-corrected chi connectivity index (χ1v) is 5.85. The van der Waals surface area contributed by atoms with Crippen LogP contribution in [0.5, 0.6) is 0 Å². The van der Waals surface area contributed by atoms with Crippen LogP contribution in [-0.4, -0.2) is 4.98 Å². The van der Waals surface area contributed by atoms with Gasteiger partial charge in [0.05, 0.1) is 5.52 Å². The van der Waals surface area contributed by atoms with Gasteiger partial charge in [-0.15, -0.1) is 12.6 Å². The topological polar surface area (TPSA) is 12.9 Å². The zero-order valence-electron chi connectivity index (χ0n) is 9.32. The molecule has 3 rings (SSSR count). The van der Waals surface area contributed by atoms with Gasteiger partial charge in [0.2, 0.25) is 0 Å². The van der Waals surface area contributed by atoms with Gasteiger partial charge < -0.3 is 0 Å². The lowest BCUT2D eigenvalue weighted by Gasteiger charge is -1.91. The van der Waals surface area contributed by atoms with Crippen molar-refractivity contribution in [1.82, 2.24) is 4.98 Å². The normalized spacial score (nSPS) is 9.47. The number of benzene rings is 2. The Hall–Kier alpha value is -1.80. The second-order valence-corrected chi connectivity index (χ2v) is 4.05. The smallest absolute Gasteiger partial charge is 0.0701 e. The largest absolute Gasteiger partial charge is 0.256 e. The van der Waals surface area contributed by atoms with Gasteiger partial charge in [0.1, 0.15) is 0 Å². The zero-order chi connectivity index (χ0) is 11.9. The van der Waals surface area contributed by atoms with Gasteiger partial charge in [0.25, 0.3) is 0 Å². The third-order valence-corrected chi connectivity index (χ3v) is 2.57. The van der Waals surface area contributed by atoms with Gasteiger partial charge in [-0.3, -0.25) is 4.98 Å². The highest BCUT2D eigenvalue weighted by Crippen LogP contribution is 2.07. The van der Waals surface area contributed by atoms with Crippen LogP contribution in [-0.2, 0) is 0 Å². The summed E-state index contributed by atoms with van der Waals surface area (Å²) in [6, 6.07) is 21.9. The number of pyridine rings is 1. The van der Waals surface area contributed by atoms with Crippen LogP contribution in [0, 0.1) is 0 Å². The molecule has 3 aromatic rings. The number of rotatable bonds is 0. The van der Waals surface area contributed by atoms with Crippen molar-refractivity contribution in [3.8, 4) is 0 Å². The highest BCUT2D eigenvalue weighted by molar-refractivity contribution is 7.80. The lowest BCUT2D eigenvalue weighted by atomic mass is 10.2. The molecule has 1 heterocycles. The molecule has 17 heavy (non-hydrogen) atoms. The summed E-state index contributed by atoms with van der Waals surface area (Å²) >= 11 is 4.08. The SMILES string of the molecule is Sc1ccccc1.c1ccc2ncccc2c1. The molecule has 0 radical (unpaired) electrons. The zero-order valence-corrected chi connectivity index (χ0v) is 10.2. The van der Waals surface area contributed by atoms with E-state index in [2.05, 4.69) is 29.7 Å². The van der Waals surface area contributed by atoms with Crippen molar-refractivity contribution in [1.29, 1.82) is 0 Å². The van der Waals surface area contributed by atoms with Crippen LogP contribution in [0.4, 0.5) is 0 Å². The number of fused-ring (bicyclic) bond motifs is 1. The summed E-state index contributed by atoms with van der Waals surface area (Å²) in [5, 5.41) is 1.20. The van der Waals surface area contributed by atoms with Crippen LogP contribution in [0.1, 0.15) is 0 Å². The van der Waals surface area contributed by atoms with Crippen molar-refractivity contribution in [3.05, 3.63) is 72.9 Å². The van der Waals surface area contributed by atoms with Gasteiger partial charge in [0.15, 0.2) is 0 Å². The molecule has 0 aliphatic heterocycles. The molecule has 0 unspecified atom stereocenters. The number of nitrogens with zero attached hydrogens (tertiary/aromatic N) is 1. The fourth-order valence-electron chi connectivity index (χ4n) is 1.44. The lowest BCUT2D eigenvalue weighted by Crippen LogP contribution is -1.73. The molecule has 0 saturated carbocycles. The second kappa shape index (κ2) is 6.06. The van der Waals surface area contributed by atoms with E-state index in [0.717, 1.165) is 10.4 Å². The Balaban J connectivity index is 0.000000136. The first-order chi connectivity index (χ1) is 8.36. The molecule has 0 spiro atoms. The second-order valence-electron chi connectivity index (χ2n) is 3.53. The standard InChI is InChI=1S/C9H7N.C6H6S/c1-2-6-9-8(4-1)5-3-7-10-9;7-6-4-2-1-3-5-6/h1-7H;1-5,7H. The maximum atomic E-state index is 4.18. The minimum absolute atomic E-state index is 1.02. The summed E-state index contributed by atoms with van der Waals surface area (Å²) in [5.41, 5.74) is 1.06. The van der Waals surface area contributed by atoms with Crippen LogP contribution >= 0.6 is 12.6 Å². The van der Waals surface area contributed by atoms with E-state index in [1.54, 1.807) is 0 Å². The summed E-state index contributed by atoms with van der Waals surface area (Å²) < 4.78 is 0. The van der Waals surface area contributed by atoms with Crippen LogP contribution < -0.4 is 0 Å². The Morgan fingerprint density at radius 1 is 0.706 bits per heavy atom. The van der Waals surface area contributed by atoms with E-state index >= 15 is 0 Å². The Labute approximate surface area is 107 Å². The van der Waals surface area contributed by atoms with Crippen molar-refractivity contribution in [2.45, 2.75) is 4.90 Å². The Kier molecular flexibility index (Phi) is 4.17. The van der Waals surface area contributed by atoms with Gasteiger partial charge >= 0.3 is 0 Å². The molecular formula is C15H13NS. The van der Waals surface area contributed by atoms with Crippen LogP contribution in [0.3, 0.4) is 0 Å². The summed E-state index contributed by atoms with van der Waals surface area (Å²) in [5.74, 6) is 0. The number of hydrogen-bond acceptors (Lipinski definition) is 2. The quantitative estimate of drug-likeness (QED) is 0.580. The maximum absolute atomic E-state index is 4.18. The number of hydrogen-bond donors (Lipinski definition) is 1. The van der Waals surface area contributed by atoms with Gasteiger partial charge in [-0.1, -0.05) is 42.5 Å². The van der Waals surface area contributed by atoms with Gasteiger partial charge in [-0.05, 0) is 24.3 Å². The molecule has 0 amide bonds. The van der Waals surface area contributed by atoms with Crippen molar-refractivity contribution >= 4 is 23.5 Å². The Morgan fingerprint density at radius 3 is 2.00 bits per heavy atom. The fraction of sp³-hybridized carbons (Fsp3) is 0. The van der Waals surface area contributed by atoms with Crippen LogP contribution in [0.15, 0.2) is 77.8 Å². The molecular weight excluding hydrogens is 226 g/mol. The molecule has 0 N–H and O–H groups in total. The fourth-order valence-corrected chi connectivity index (χ4v) is 1.62. The average molecular weight is 239 g/mol. The number of para-hydroxylation sites is 1. The molecule has 0 saturated heterocycles. The molecule has 0 aliphatic rings. The minimum Gasteiger partial charge on any atom is -0.256 e. The molecule has 0 atom stereocenters. The van der Waals surface area contributed by atoms with Crippen molar-refractivity contribution in [2.24, 2.45) is 0 Å².